The molecule has 66 valence electrons. The molecule has 13 heavy (non-hydrogen) atoms. The molecule has 0 atom stereocenters. The van der Waals surface area contributed by atoms with Crippen LogP contribution < -0.4 is 10.9 Å². The van der Waals surface area contributed by atoms with Crippen molar-refractivity contribution in [2.75, 3.05) is 12.4 Å². The minimum atomic E-state index is -0.0533. The molecule has 0 aliphatic rings. The van der Waals surface area contributed by atoms with Gasteiger partial charge in [-0.1, -0.05) is 18.2 Å². The van der Waals surface area contributed by atoms with Crippen LogP contribution in [0.3, 0.4) is 0 Å². The van der Waals surface area contributed by atoms with Crippen LogP contribution in [-0.2, 0) is 0 Å². The lowest BCUT2D eigenvalue weighted by atomic mass is 10.2. The number of aromatic amines is 1. The van der Waals surface area contributed by atoms with E-state index in [1.165, 1.54) is 0 Å². The molecule has 2 N–H and O–H groups in total. The molecule has 0 spiro atoms. The van der Waals surface area contributed by atoms with Crippen molar-refractivity contribution < 1.29 is 0 Å². The largest absolute Gasteiger partial charge is 0.375 e. The third-order valence-electron chi connectivity index (χ3n) is 2.02. The van der Waals surface area contributed by atoms with Crippen LogP contribution in [0.25, 0.3) is 10.8 Å². The fourth-order valence-corrected chi connectivity index (χ4v) is 1.35. The fourth-order valence-electron chi connectivity index (χ4n) is 1.35. The Morgan fingerprint density at radius 3 is 2.85 bits per heavy atom. The molecule has 0 bridgehead atoms. The molecule has 3 nitrogen and oxygen atoms in total. The molecule has 0 aliphatic carbocycles. The maximum Gasteiger partial charge on any atom is 0.257 e. The number of rotatable bonds is 1. The van der Waals surface area contributed by atoms with E-state index in [1.807, 2.05) is 30.3 Å². The van der Waals surface area contributed by atoms with Gasteiger partial charge in [-0.05, 0) is 17.5 Å². The van der Waals surface area contributed by atoms with Crippen LogP contribution in [0.1, 0.15) is 0 Å². The zero-order valence-electron chi connectivity index (χ0n) is 7.29. The van der Waals surface area contributed by atoms with Crippen LogP contribution >= 0.6 is 0 Å². The summed E-state index contributed by atoms with van der Waals surface area (Å²) in [6.45, 7) is 0. The summed E-state index contributed by atoms with van der Waals surface area (Å²) in [6, 6.07) is 9.42. The second-order valence-corrected chi connectivity index (χ2v) is 2.85. The Morgan fingerprint density at radius 1 is 1.31 bits per heavy atom. The third-order valence-corrected chi connectivity index (χ3v) is 2.02. The number of H-pyrrole nitrogens is 1. The Morgan fingerprint density at radius 2 is 2.08 bits per heavy atom. The van der Waals surface area contributed by atoms with Crippen LogP contribution in [-0.4, -0.2) is 12.0 Å². The molecule has 0 saturated heterocycles. The van der Waals surface area contributed by atoms with Gasteiger partial charge < -0.3 is 10.3 Å². The van der Waals surface area contributed by atoms with Gasteiger partial charge in [-0.25, -0.2) is 0 Å². The Hall–Kier alpha value is -1.77. The van der Waals surface area contributed by atoms with E-state index in [4.69, 9.17) is 0 Å². The van der Waals surface area contributed by atoms with Gasteiger partial charge in [0.05, 0.1) is 0 Å². The van der Waals surface area contributed by atoms with Gasteiger partial charge in [-0.15, -0.1) is 0 Å². The first-order valence-corrected chi connectivity index (χ1v) is 4.11. The highest BCUT2D eigenvalue weighted by molar-refractivity contribution is 5.83. The van der Waals surface area contributed by atoms with Gasteiger partial charge in [0, 0.05) is 12.4 Å². The van der Waals surface area contributed by atoms with Crippen molar-refractivity contribution in [3.05, 3.63) is 40.7 Å². The predicted molar refractivity (Wildman–Crippen MR) is 54.1 cm³/mol. The maximum absolute atomic E-state index is 11.5. The number of pyridine rings is 1. The highest BCUT2D eigenvalue weighted by Crippen LogP contribution is 2.11. The van der Waals surface area contributed by atoms with Gasteiger partial charge in [-0.2, -0.15) is 0 Å². The molecule has 0 saturated carbocycles. The summed E-state index contributed by atoms with van der Waals surface area (Å²) in [5, 5.41) is 4.58. The molecule has 0 amide bonds. The molecule has 1 aromatic carbocycles. The van der Waals surface area contributed by atoms with Crippen molar-refractivity contribution in [1.82, 2.24) is 4.98 Å². The summed E-state index contributed by atoms with van der Waals surface area (Å²) < 4.78 is 0. The van der Waals surface area contributed by atoms with E-state index in [2.05, 4.69) is 10.3 Å². The van der Waals surface area contributed by atoms with E-state index in [-0.39, 0.29) is 5.56 Å². The summed E-state index contributed by atoms with van der Waals surface area (Å²) in [4.78, 5) is 14.2. The number of hydrogen-bond donors (Lipinski definition) is 2. The third kappa shape index (κ3) is 1.28. The van der Waals surface area contributed by atoms with Gasteiger partial charge >= 0.3 is 0 Å². The van der Waals surface area contributed by atoms with E-state index in [0.29, 0.717) is 0 Å². The topological polar surface area (TPSA) is 44.9 Å². The van der Waals surface area contributed by atoms with E-state index in [0.717, 1.165) is 16.6 Å². The predicted octanol–water partition coefficient (Wildman–Crippen LogP) is 1.57. The Kier molecular flexibility index (Phi) is 1.77. The van der Waals surface area contributed by atoms with Crippen LogP contribution in [0.4, 0.5) is 5.82 Å². The summed E-state index contributed by atoms with van der Waals surface area (Å²) >= 11 is 0. The summed E-state index contributed by atoms with van der Waals surface area (Å²) in [5.74, 6) is 0.740. The first kappa shape index (κ1) is 7.86. The van der Waals surface area contributed by atoms with Crippen molar-refractivity contribution in [3.63, 3.8) is 0 Å². The summed E-state index contributed by atoms with van der Waals surface area (Å²) in [7, 11) is 1.78. The lowest BCUT2D eigenvalue weighted by Gasteiger charge is -2.01. The number of benzene rings is 1. The zero-order chi connectivity index (χ0) is 9.26. The highest BCUT2D eigenvalue weighted by atomic mass is 16.1. The van der Waals surface area contributed by atoms with Gasteiger partial charge in [-0.3, -0.25) is 4.79 Å². The number of aromatic nitrogens is 1. The molecule has 0 aliphatic heterocycles. The van der Waals surface area contributed by atoms with Crippen molar-refractivity contribution in [2.45, 2.75) is 0 Å². The lowest BCUT2D eigenvalue weighted by Crippen LogP contribution is -2.08. The number of hydrogen-bond acceptors (Lipinski definition) is 2. The minimum absolute atomic E-state index is 0.0533. The number of anilines is 1. The standard InChI is InChI=1S/C10H10N2O/c1-11-9-6-7-4-2-3-5-8(7)10(13)12-9/h2-6H,1H3,(H2,11,12,13). The van der Waals surface area contributed by atoms with Gasteiger partial charge in [0.2, 0.25) is 0 Å². The van der Waals surface area contributed by atoms with Crippen molar-refractivity contribution in [3.8, 4) is 0 Å². The minimum Gasteiger partial charge on any atom is -0.375 e. The molecule has 1 aromatic heterocycles. The van der Waals surface area contributed by atoms with Crippen molar-refractivity contribution in [1.29, 1.82) is 0 Å². The molecule has 2 rings (SSSR count). The summed E-state index contributed by atoms with van der Waals surface area (Å²) in [6.07, 6.45) is 0. The van der Waals surface area contributed by atoms with Crippen LogP contribution in [0.2, 0.25) is 0 Å². The second kappa shape index (κ2) is 2.94. The Bertz CT molecular complexity index is 487. The number of fused-ring (bicyclic) bond motifs is 1. The molecule has 0 unspecified atom stereocenters. The van der Waals surface area contributed by atoms with E-state index in [1.54, 1.807) is 7.05 Å². The van der Waals surface area contributed by atoms with Gasteiger partial charge in [0.1, 0.15) is 5.82 Å². The Labute approximate surface area is 75.4 Å². The fraction of sp³-hybridized carbons (Fsp3) is 0.100. The average molecular weight is 174 g/mol. The Balaban J connectivity index is 2.85. The SMILES string of the molecule is CNc1cc2ccccc2c(=O)[nH]1. The highest BCUT2D eigenvalue weighted by Gasteiger charge is 1.98. The van der Waals surface area contributed by atoms with E-state index >= 15 is 0 Å². The van der Waals surface area contributed by atoms with Crippen LogP contribution in [0.5, 0.6) is 0 Å². The quantitative estimate of drug-likeness (QED) is 0.689. The monoisotopic (exact) mass is 174 g/mol. The van der Waals surface area contributed by atoms with Gasteiger partial charge in [0.15, 0.2) is 0 Å². The van der Waals surface area contributed by atoms with Crippen molar-refractivity contribution in [2.24, 2.45) is 0 Å². The zero-order valence-corrected chi connectivity index (χ0v) is 7.29. The number of nitrogens with one attached hydrogen (secondary N) is 2. The normalized spacial score (nSPS) is 10.2. The molecule has 2 aromatic rings. The molecule has 3 heteroatoms. The molecule has 0 fully saturated rings. The molecule has 0 radical (unpaired) electrons. The van der Waals surface area contributed by atoms with Crippen LogP contribution in [0, 0.1) is 0 Å². The first-order valence-electron chi connectivity index (χ1n) is 4.11. The van der Waals surface area contributed by atoms with E-state index < -0.39 is 0 Å². The lowest BCUT2D eigenvalue weighted by molar-refractivity contribution is 1.25. The average Bonchev–Trinajstić information content (AvgIpc) is 2.18. The molecular formula is C10H10N2O. The van der Waals surface area contributed by atoms with Crippen molar-refractivity contribution >= 4 is 16.6 Å². The molecular weight excluding hydrogens is 164 g/mol. The first-order chi connectivity index (χ1) is 6.31. The molecule has 1 heterocycles. The van der Waals surface area contributed by atoms with E-state index in [9.17, 15) is 4.79 Å². The van der Waals surface area contributed by atoms with Crippen LogP contribution in [0.15, 0.2) is 35.1 Å². The smallest absolute Gasteiger partial charge is 0.257 e. The van der Waals surface area contributed by atoms with Gasteiger partial charge in [0.25, 0.3) is 5.56 Å². The maximum atomic E-state index is 11.5. The summed E-state index contributed by atoms with van der Waals surface area (Å²) in [5.41, 5.74) is -0.0533. The second-order valence-electron chi connectivity index (χ2n) is 2.85.